The van der Waals surface area contributed by atoms with Crippen molar-refractivity contribution in [3.8, 4) is 17.1 Å². The maximum Gasteiger partial charge on any atom is 0.295 e. The Morgan fingerprint density at radius 1 is 0.900 bits per heavy atom. The Labute approximate surface area is 180 Å². The van der Waals surface area contributed by atoms with E-state index in [9.17, 15) is 4.79 Å². The molecule has 6 heteroatoms. The fourth-order valence-corrected chi connectivity index (χ4v) is 3.20. The minimum Gasteiger partial charge on any atom is -0.319 e. The lowest BCUT2D eigenvalue weighted by molar-refractivity contribution is 0.101. The number of aryl methyl sites for hydroxylation is 3. The number of carbonyl (C=O) groups is 1. The molecule has 150 valence electrons. The molecule has 0 saturated heterocycles. The summed E-state index contributed by atoms with van der Waals surface area (Å²) in [6, 6.07) is 21.3. The molecule has 3 aromatic carbocycles. The molecule has 0 spiro atoms. The number of aromatic nitrogens is 3. The van der Waals surface area contributed by atoms with Gasteiger partial charge in [-0.05, 0) is 50.6 Å². The van der Waals surface area contributed by atoms with E-state index in [2.05, 4.69) is 15.4 Å². The van der Waals surface area contributed by atoms with Crippen molar-refractivity contribution in [1.82, 2.24) is 14.8 Å². The zero-order valence-electron chi connectivity index (χ0n) is 17.0. The van der Waals surface area contributed by atoms with Crippen LogP contribution in [0.3, 0.4) is 0 Å². The van der Waals surface area contributed by atoms with Gasteiger partial charge in [-0.3, -0.25) is 4.79 Å². The number of halogens is 1. The minimum atomic E-state index is -0.394. The SMILES string of the molecule is Cc1ccc(-c2nc(C(=O)Nc3ccc(C)c(Cl)c3)nn2-c2ccc(C)cc2)cc1. The van der Waals surface area contributed by atoms with Gasteiger partial charge in [-0.2, -0.15) is 0 Å². The predicted molar refractivity (Wildman–Crippen MR) is 120 cm³/mol. The predicted octanol–water partition coefficient (Wildman–Crippen LogP) is 5.77. The molecule has 1 amide bonds. The minimum absolute atomic E-state index is 0.0860. The van der Waals surface area contributed by atoms with Crippen molar-refractivity contribution < 1.29 is 4.79 Å². The van der Waals surface area contributed by atoms with Gasteiger partial charge in [0.2, 0.25) is 5.82 Å². The Bertz CT molecular complexity index is 1150. The molecule has 1 heterocycles. The average molecular weight is 417 g/mol. The molecule has 0 fully saturated rings. The van der Waals surface area contributed by atoms with Crippen molar-refractivity contribution >= 4 is 23.2 Å². The Kier molecular flexibility index (Phi) is 5.38. The summed E-state index contributed by atoms with van der Waals surface area (Å²) in [5, 5.41) is 7.92. The van der Waals surface area contributed by atoms with E-state index < -0.39 is 5.91 Å². The van der Waals surface area contributed by atoms with E-state index in [1.54, 1.807) is 16.8 Å². The summed E-state index contributed by atoms with van der Waals surface area (Å²) in [6.45, 7) is 5.96. The molecule has 30 heavy (non-hydrogen) atoms. The van der Waals surface area contributed by atoms with Crippen molar-refractivity contribution in [2.45, 2.75) is 20.8 Å². The zero-order valence-corrected chi connectivity index (χ0v) is 17.7. The van der Waals surface area contributed by atoms with Gasteiger partial charge >= 0.3 is 0 Å². The number of anilines is 1. The molecule has 1 aromatic heterocycles. The van der Waals surface area contributed by atoms with Crippen molar-refractivity contribution in [2.24, 2.45) is 0 Å². The van der Waals surface area contributed by atoms with Gasteiger partial charge < -0.3 is 5.32 Å². The highest BCUT2D eigenvalue weighted by Crippen LogP contribution is 2.24. The summed E-state index contributed by atoms with van der Waals surface area (Å²) in [6.07, 6.45) is 0. The van der Waals surface area contributed by atoms with Crippen LogP contribution in [0.5, 0.6) is 0 Å². The van der Waals surface area contributed by atoms with Crippen LogP contribution in [-0.2, 0) is 0 Å². The number of hydrogen-bond acceptors (Lipinski definition) is 3. The fourth-order valence-electron chi connectivity index (χ4n) is 3.02. The van der Waals surface area contributed by atoms with Gasteiger partial charge in [0.25, 0.3) is 5.91 Å². The summed E-state index contributed by atoms with van der Waals surface area (Å²) >= 11 is 6.17. The summed E-state index contributed by atoms with van der Waals surface area (Å²) < 4.78 is 1.70. The van der Waals surface area contributed by atoms with Crippen LogP contribution in [0.2, 0.25) is 5.02 Å². The molecule has 1 N–H and O–H groups in total. The molecule has 0 bridgehead atoms. The molecule has 4 aromatic rings. The second kappa shape index (κ2) is 8.13. The van der Waals surface area contributed by atoms with E-state index in [-0.39, 0.29) is 5.82 Å². The summed E-state index contributed by atoms with van der Waals surface area (Å²) in [5.41, 5.74) is 5.55. The average Bonchev–Trinajstić information content (AvgIpc) is 3.17. The molecular formula is C24H21ClN4O. The number of benzene rings is 3. The highest BCUT2D eigenvalue weighted by Gasteiger charge is 2.19. The van der Waals surface area contributed by atoms with Crippen LogP contribution in [0.15, 0.2) is 66.7 Å². The van der Waals surface area contributed by atoms with E-state index in [0.717, 1.165) is 27.9 Å². The highest BCUT2D eigenvalue weighted by atomic mass is 35.5. The normalized spacial score (nSPS) is 10.8. The number of hydrogen-bond donors (Lipinski definition) is 1. The fraction of sp³-hybridized carbons (Fsp3) is 0.125. The van der Waals surface area contributed by atoms with Crippen molar-refractivity contribution in [1.29, 1.82) is 0 Å². The van der Waals surface area contributed by atoms with E-state index >= 15 is 0 Å². The van der Waals surface area contributed by atoms with E-state index in [1.165, 1.54) is 0 Å². The molecule has 5 nitrogen and oxygen atoms in total. The van der Waals surface area contributed by atoms with Crippen LogP contribution in [0.25, 0.3) is 17.1 Å². The Hall–Kier alpha value is -3.44. The molecule has 0 saturated carbocycles. The monoisotopic (exact) mass is 416 g/mol. The topological polar surface area (TPSA) is 59.8 Å². The van der Waals surface area contributed by atoms with Gasteiger partial charge in [0.1, 0.15) is 0 Å². The Balaban J connectivity index is 1.74. The molecule has 0 radical (unpaired) electrons. The molecule has 0 aliphatic carbocycles. The van der Waals surface area contributed by atoms with E-state index in [4.69, 9.17) is 11.6 Å². The summed E-state index contributed by atoms with van der Waals surface area (Å²) in [4.78, 5) is 17.4. The summed E-state index contributed by atoms with van der Waals surface area (Å²) in [7, 11) is 0. The van der Waals surface area contributed by atoms with Crippen LogP contribution in [0.1, 0.15) is 27.3 Å². The quantitative estimate of drug-likeness (QED) is 0.459. The largest absolute Gasteiger partial charge is 0.319 e. The first-order chi connectivity index (χ1) is 14.4. The maximum atomic E-state index is 12.9. The highest BCUT2D eigenvalue weighted by molar-refractivity contribution is 6.31. The van der Waals surface area contributed by atoms with Crippen LogP contribution < -0.4 is 5.32 Å². The lowest BCUT2D eigenvalue weighted by atomic mass is 10.1. The number of nitrogens with one attached hydrogen (secondary N) is 1. The second-order valence-electron chi connectivity index (χ2n) is 7.29. The number of carbonyl (C=O) groups excluding carboxylic acids is 1. The van der Waals surface area contributed by atoms with Gasteiger partial charge in [0.05, 0.1) is 5.69 Å². The van der Waals surface area contributed by atoms with Crippen LogP contribution >= 0.6 is 11.6 Å². The zero-order chi connectivity index (χ0) is 21.3. The lowest BCUT2D eigenvalue weighted by Gasteiger charge is -2.06. The van der Waals surface area contributed by atoms with Gasteiger partial charge in [0, 0.05) is 16.3 Å². The molecule has 0 unspecified atom stereocenters. The van der Waals surface area contributed by atoms with Gasteiger partial charge in [0.15, 0.2) is 5.82 Å². The third-order valence-corrected chi connectivity index (χ3v) is 5.24. The van der Waals surface area contributed by atoms with Crippen LogP contribution in [-0.4, -0.2) is 20.7 Å². The third-order valence-electron chi connectivity index (χ3n) is 4.83. The first-order valence-electron chi connectivity index (χ1n) is 9.59. The Morgan fingerprint density at radius 3 is 2.17 bits per heavy atom. The molecule has 4 rings (SSSR count). The standard InChI is InChI=1S/C24H21ClN4O/c1-15-4-9-18(10-5-15)23-27-22(28-29(23)20-12-6-16(2)7-13-20)24(30)26-19-11-8-17(3)21(25)14-19/h4-14H,1-3H3,(H,26,30). The first-order valence-corrected chi connectivity index (χ1v) is 9.97. The van der Waals surface area contributed by atoms with Crippen LogP contribution in [0.4, 0.5) is 5.69 Å². The Morgan fingerprint density at radius 2 is 1.53 bits per heavy atom. The van der Waals surface area contributed by atoms with Gasteiger partial charge in [-0.15, -0.1) is 5.10 Å². The molecular weight excluding hydrogens is 396 g/mol. The van der Waals surface area contributed by atoms with E-state index in [0.29, 0.717) is 16.5 Å². The first kappa shape index (κ1) is 19.9. The number of rotatable bonds is 4. The van der Waals surface area contributed by atoms with Gasteiger partial charge in [-0.1, -0.05) is 65.2 Å². The summed E-state index contributed by atoms with van der Waals surface area (Å²) in [5.74, 6) is 0.294. The molecule has 0 atom stereocenters. The maximum absolute atomic E-state index is 12.9. The van der Waals surface area contributed by atoms with E-state index in [1.807, 2.05) is 75.4 Å². The lowest BCUT2D eigenvalue weighted by Crippen LogP contribution is -2.14. The third kappa shape index (κ3) is 4.11. The van der Waals surface area contributed by atoms with Crippen molar-refractivity contribution in [2.75, 3.05) is 5.32 Å². The smallest absolute Gasteiger partial charge is 0.295 e. The second-order valence-corrected chi connectivity index (χ2v) is 7.70. The van der Waals surface area contributed by atoms with Gasteiger partial charge in [-0.25, -0.2) is 9.67 Å². The molecule has 0 aliphatic rings. The van der Waals surface area contributed by atoms with Crippen molar-refractivity contribution in [3.63, 3.8) is 0 Å². The molecule has 0 aliphatic heterocycles. The number of nitrogens with zero attached hydrogens (tertiary/aromatic N) is 3. The van der Waals surface area contributed by atoms with Crippen LogP contribution in [0, 0.1) is 20.8 Å². The van der Waals surface area contributed by atoms with Crippen molar-refractivity contribution in [3.05, 3.63) is 94.3 Å². The number of amides is 1.